The summed E-state index contributed by atoms with van der Waals surface area (Å²) >= 11 is 0. The van der Waals surface area contributed by atoms with E-state index >= 15 is 0 Å². The number of halogens is 1. The molecule has 2 aromatic carbocycles. The van der Waals surface area contributed by atoms with Gasteiger partial charge in [0, 0.05) is 30.3 Å². The first kappa shape index (κ1) is 16.4. The van der Waals surface area contributed by atoms with E-state index in [1.54, 1.807) is 24.3 Å². The normalized spacial score (nSPS) is 10.3. The minimum Gasteiger partial charge on any atom is -0.505 e. The van der Waals surface area contributed by atoms with Crippen LogP contribution in [0.3, 0.4) is 0 Å². The molecule has 0 spiro atoms. The maximum Gasteiger partial charge on any atom is 0.221 e. The Morgan fingerprint density at radius 1 is 1.12 bits per heavy atom. The second kappa shape index (κ2) is 7.00. The first-order chi connectivity index (χ1) is 12.0. The molecule has 3 aromatic rings. The van der Waals surface area contributed by atoms with Crippen LogP contribution in [0.15, 0.2) is 60.7 Å². The predicted octanol–water partition coefficient (Wildman–Crippen LogP) is 4.34. The van der Waals surface area contributed by atoms with E-state index < -0.39 is 11.6 Å². The standard InChI is InChI=1S/C19H15FN2O3/c1-12(23)21-14-5-2-4-13(10-14)17-6-3-7-19(22-17)25-15-8-9-16(20)18(24)11-15/h2-11,24H,1H3,(H,21,23). The summed E-state index contributed by atoms with van der Waals surface area (Å²) in [6, 6.07) is 16.2. The van der Waals surface area contributed by atoms with E-state index in [1.807, 2.05) is 18.2 Å². The zero-order chi connectivity index (χ0) is 17.8. The minimum atomic E-state index is -0.719. The number of rotatable bonds is 4. The Kier molecular flexibility index (Phi) is 4.61. The third-order valence-electron chi connectivity index (χ3n) is 3.34. The van der Waals surface area contributed by atoms with E-state index in [4.69, 9.17) is 4.74 Å². The summed E-state index contributed by atoms with van der Waals surface area (Å²) in [6.07, 6.45) is 0. The van der Waals surface area contributed by atoms with Crippen LogP contribution in [0, 0.1) is 5.82 Å². The Hall–Kier alpha value is -3.41. The molecule has 2 N–H and O–H groups in total. The molecule has 1 amide bonds. The fraction of sp³-hybridized carbons (Fsp3) is 0.0526. The topological polar surface area (TPSA) is 71.5 Å². The van der Waals surface area contributed by atoms with Crippen molar-refractivity contribution in [3.63, 3.8) is 0 Å². The number of pyridine rings is 1. The zero-order valence-electron chi connectivity index (χ0n) is 13.4. The average Bonchev–Trinajstić information content (AvgIpc) is 2.58. The molecule has 0 radical (unpaired) electrons. The molecule has 0 aliphatic rings. The van der Waals surface area contributed by atoms with Gasteiger partial charge in [-0.05, 0) is 30.3 Å². The van der Waals surface area contributed by atoms with Crippen molar-refractivity contribution in [1.82, 2.24) is 4.98 Å². The molecule has 1 heterocycles. The number of carbonyl (C=O) groups excluding carboxylic acids is 1. The number of anilines is 1. The number of ether oxygens (including phenoxy) is 1. The van der Waals surface area contributed by atoms with Gasteiger partial charge in [-0.2, -0.15) is 0 Å². The van der Waals surface area contributed by atoms with Crippen LogP contribution >= 0.6 is 0 Å². The van der Waals surface area contributed by atoms with Crippen LogP contribution < -0.4 is 10.1 Å². The van der Waals surface area contributed by atoms with Gasteiger partial charge in [0.05, 0.1) is 5.69 Å². The molecule has 0 unspecified atom stereocenters. The van der Waals surface area contributed by atoms with Crippen LogP contribution in [0.5, 0.6) is 17.4 Å². The summed E-state index contributed by atoms with van der Waals surface area (Å²) < 4.78 is 18.7. The fourth-order valence-corrected chi connectivity index (χ4v) is 2.27. The van der Waals surface area contributed by atoms with Gasteiger partial charge >= 0.3 is 0 Å². The SMILES string of the molecule is CC(=O)Nc1cccc(-c2cccc(Oc3ccc(F)c(O)c3)n2)c1. The van der Waals surface area contributed by atoms with Crippen molar-refractivity contribution in [3.8, 4) is 28.6 Å². The predicted molar refractivity (Wildman–Crippen MR) is 92.1 cm³/mol. The number of benzene rings is 2. The van der Waals surface area contributed by atoms with Crippen molar-refractivity contribution >= 4 is 11.6 Å². The van der Waals surface area contributed by atoms with Crippen LogP contribution in [0.25, 0.3) is 11.3 Å². The number of hydrogen-bond acceptors (Lipinski definition) is 4. The van der Waals surface area contributed by atoms with Crippen molar-refractivity contribution in [2.45, 2.75) is 6.92 Å². The van der Waals surface area contributed by atoms with Gasteiger partial charge in [-0.25, -0.2) is 9.37 Å². The summed E-state index contributed by atoms with van der Waals surface area (Å²) in [5, 5.41) is 12.1. The van der Waals surface area contributed by atoms with Crippen LogP contribution in [0.1, 0.15) is 6.92 Å². The van der Waals surface area contributed by atoms with Gasteiger partial charge in [-0.15, -0.1) is 0 Å². The fourth-order valence-electron chi connectivity index (χ4n) is 2.27. The quantitative estimate of drug-likeness (QED) is 0.742. The Labute approximate surface area is 143 Å². The minimum absolute atomic E-state index is 0.154. The summed E-state index contributed by atoms with van der Waals surface area (Å²) in [5.74, 6) is -0.789. The van der Waals surface area contributed by atoms with Gasteiger partial charge in [0.2, 0.25) is 11.8 Å². The van der Waals surface area contributed by atoms with Crippen molar-refractivity contribution in [3.05, 3.63) is 66.5 Å². The molecular formula is C19H15FN2O3. The van der Waals surface area contributed by atoms with Crippen LogP contribution in [0.2, 0.25) is 0 Å². The second-order valence-electron chi connectivity index (χ2n) is 5.34. The van der Waals surface area contributed by atoms with Crippen LogP contribution in [-0.2, 0) is 4.79 Å². The molecule has 25 heavy (non-hydrogen) atoms. The first-order valence-electron chi connectivity index (χ1n) is 7.53. The van der Waals surface area contributed by atoms with Gasteiger partial charge in [0.15, 0.2) is 11.6 Å². The molecule has 3 rings (SSSR count). The van der Waals surface area contributed by atoms with E-state index in [1.165, 1.54) is 19.1 Å². The average molecular weight is 338 g/mol. The molecule has 0 aliphatic heterocycles. The van der Waals surface area contributed by atoms with Gasteiger partial charge in [-0.1, -0.05) is 18.2 Å². The highest BCUT2D eigenvalue weighted by Crippen LogP contribution is 2.28. The summed E-state index contributed by atoms with van der Waals surface area (Å²) in [5.41, 5.74) is 2.12. The maximum absolute atomic E-state index is 13.1. The first-order valence-corrected chi connectivity index (χ1v) is 7.53. The van der Waals surface area contributed by atoms with E-state index in [9.17, 15) is 14.3 Å². The second-order valence-corrected chi connectivity index (χ2v) is 5.34. The largest absolute Gasteiger partial charge is 0.505 e. The number of aromatic nitrogens is 1. The Morgan fingerprint density at radius 2 is 1.92 bits per heavy atom. The van der Waals surface area contributed by atoms with Gasteiger partial charge in [-0.3, -0.25) is 4.79 Å². The van der Waals surface area contributed by atoms with E-state index in [0.29, 0.717) is 17.3 Å². The third kappa shape index (κ3) is 4.11. The van der Waals surface area contributed by atoms with E-state index in [2.05, 4.69) is 10.3 Å². The number of nitrogens with zero attached hydrogens (tertiary/aromatic N) is 1. The number of nitrogens with one attached hydrogen (secondary N) is 1. The number of amides is 1. The van der Waals surface area contributed by atoms with Crippen molar-refractivity contribution in [2.24, 2.45) is 0 Å². The Bertz CT molecular complexity index is 928. The van der Waals surface area contributed by atoms with Crippen molar-refractivity contribution in [2.75, 3.05) is 5.32 Å². The summed E-state index contributed by atoms with van der Waals surface area (Å²) in [7, 11) is 0. The third-order valence-corrected chi connectivity index (χ3v) is 3.34. The number of carbonyl (C=O) groups is 1. The number of aromatic hydroxyl groups is 1. The molecule has 0 atom stereocenters. The molecule has 0 bridgehead atoms. The van der Waals surface area contributed by atoms with E-state index in [0.717, 1.165) is 11.6 Å². The molecule has 126 valence electrons. The number of hydrogen-bond donors (Lipinski definition) is 2. The molecule has 1 aromatic heterocycles. The smallest absolute Gasteiger partial charge is 0.221 e. The molecule has 5 nitrogen and oxygen atoms in total. The number of phenols is 1. The lowest BCUT2D eigenvalue weighted by molar-refractivity contribution is -0.114. The highest BCUT2D eigenvalue weighted by Gasteiger charge is 2.07. The van der Waals surface area contributed by atoms with Gasteiger partial charge < -0.3 is 15.2 Å². The van der Waals surface area contributed by atoms with Crippen molar-refractivity contribution in [1.29, 1.82) is 0 Å². The van der Waals surface area contributed by atoms with E-state index in [-0.39, 0.29) is 11.7 Å². The molecule has 0 saturated carbocycles. The zero-order valence-corrected chi connectivity index (χ0v) is 13.4. The summed E-state index contributed by atoms with van der Waals surface area (Å²) in [4.78, 5) is 15.6. The van der Waals surface area contributed by atoms with Crippen molar-refractivity contribution < 1.29 is 19.0 Å². The highest BCUT2D eigenvalue weighted by molar-refractivity contribution is 5.89. The molecular weight excluding hydrogens is 323 g/mol. The molecule has 0 fully saturated rings. The Balaban J connectivity index is 1.86. The molecule has 0 saturated heterocycles. The van der Waals surface area contributed by atoms with Gasteiger partial charge in [0.25, 0.3) is 0 Å². The monoisotopic (exact) mass is 338 g/mol. The van der Waals surface area contributed by atoms with Gasteiger partial charge in [0.1, 0.15) is 5.75 Å². The summed E-state index contributed by atoms with van der Waals surface area (Å²) in [6.45, 7) is 1.44. The highest BCUT2D eigenvalue weighted by atomic mass is 19.1. The lowest BCUT2D eigenvalue weighted by atomic mass is 10.1. The number of phenolic OH excluding ortho intramolecular Hbond substituents is 1. The van der Waals surface area contributed by atoms with Crippen LogP contribution in [0.4, 0.5) is 10.1 Å². The Morgan fingerprint density at radius 3 is 2.68 bits per heavy atom. The molecule has 6 heteroatoms. The van der Waals surface area contributed by atoms with Crippen LogP contribution in [-0.4, -0.2) is 16.0 Å². The molecule has 0 aliphatic carbocycles. The maximum atomic E-state index is 13.1. The lowest BCUT2D eigenvalue weighted by Crippen LogP contribution is -2.05. The lowest BCUT2D eigenvalue weighted by Gasteiger charge is -2.09.